The van der Waals surface area contributed by atoms with Crippen LogP contribution < -0.4 is 10.6 Å². The molecule has 0 saturated heterocycles. The van der Waals surface area contributed by atoms with Crippen LogP contribution in [0.15, 0.2) is 29.5 Å². The minimum absolute atomic E-state index is 0.255. The van der Waals surface area contributed by atoms with Gasteiger partial charge in [-0.2, -0.15) is 0 Å². The van der Waals surface area contributed by atoms with Crippen LogP contribution in [0.3, 0.4) is 0 Å². The summed E-state index contributed by atoms with van der Waals surface area (Å²) in [7, 11) is 0. The van der Waals surface area contributed by atoms with E-state index in [0.29, 0.717) is 33.3 Å². The Morgan fingerprint density at radius 1 is 1.25 bits per heavy atom. The summed E-state index contributed by atoms with van der Waals surface area (Å²) in [5.74, 6) is -0.452. The average Bonchev–Trinajstić information content (AvgIpc) is 2.55. The van der Waals surface area contributed by atoms with Crippen molar-refractivity contribution in [2.75, 3.05) is 6.61 Å². The first-order valence-electron chi connectivity index (χ1n) is 7.90. The Labute approximate surface area is 151 Å². The van der Waals surface area contributed by atoms with Gasteiger partial charge in [-0.25, -0.2) is 9.59 Å². The molecule has 1 atom stereocenters. The molecule has 1 unspecified atom stereocenters. The Morgan fingerprint density at radius 2 is 2.00 bits per heavy atom. The number of unbranched alkanes of at least 4 members (excludes halogenated alkanes) is 1. The molecule has 1 aromatic carbocycles. The third kappa shape index (κ3) is 4.22. The summed E-state index contributed by atoms with van der Waals surface area (Å²) in [5.41, 5.74) is 1.68. The fourth-order valence-corrected chi connectivity index (χ4v) is 2.87. The molecular formula is C17H20Cl2N2O3. The van der Waals surface area contributed by atoms with Crippen molar-refractivity contribution in [3.05, 3.63) is 45.1 Å². The van der Waals surface area contributed by atoms with Crippen LogP contribution in [0.4, 0.5) is 4.79 Å². The maximum atomic E-state index is 12.5. The van der Waals surface area contributed by atoms with E-state index in [-0.39, 0.29) is 12.6 Å². The van der Waals surface area contributed by atoms with Crippen molar-refractivity contribution < 1.29 is 14.3 Å². The van der Waals surface area contributed by atoms with Gasteiger partial charge in [-0.15, -0.1) is 0 Å². The van der Waals surface area contributed by atoms with Crippen molar-refractivity contribution in [3.8, 4) is 0 Å². The van der Waals surface area contributed by atoms with Crippen LogP contribution >= 0.6 is 23.2 Å². The van der Waals surface area contributed by atoms with Crippen molar-refractivity contribution >= 4 is 35.2 Å². The van der Waals surface area contributed by atoms with E-state index >= 15 is 0 Å². The molecule has 0 aromatic heterocycles. The molecule has 1 aromatic rings. The number of ether oxygens (including phenoxy) is 1. The van der Waals surface area contributed by atoms with Crippen molar-refractivity contribution in [1.29, 1.82) is 0 Å². The van der Waals surface area contributed by atoms with Crippen molar-refractivity contribution in [3.63, 3.8) is 0 Å². The summed E-state index contributed by atoms with van der Waals surface area (Å²) in [6.07, 6.45) is 2.39. The van der Waals surface area contributed by atoms with Crippen LogP contribution in [-0.2, 0) is 9.53 Å². The number of rotatable bonds is 6. The molecule has 7 heteroatoms. The largest absolute Gasteiger partial charge is 0.463 e. The van der Waals surface area contributed by atoms with E-state index in [0.717, 1.165) is 12.8 Å². The van der Waals surface area contributed by atoms with Gasteiger partial charge in [-0.05, 0) is 37.5 Å². The number of hydrogen-bond acceptors (Lipinski definition) is 3. The number of nitrogens with one attached hydrogen (secondary N) is 2. The first-order valence-corrected chi connectivity index (χ1v) is 8.66. The van der Waals surface area contributed by atoms with Gasteiger partial charge in [0.15, 0.2) is 0 Å². The molecule has 130 valence electrons. The molecule has 0 radical (unpaired) electrons. The molecule has 0 spiro atoms. The van der Waals surface area contributed by atoms with Crippen LogP contribution in [-0.4, -0.2) is 18.6 Å². The van der Waals surface area contributed by atoms with E-state index in [2.05, 4.69) is 10.6 Å². The molecule has 24 heavy (non-hydrogen) atoms. The van der Waals surface area contributed by atoms with Gasteiger partial charge in [-0.3, -0.25) is 0 Å². The highest BCUT2D eigenvalue weighted by Gasteiger charge is 2.33. The molecule has 0 aliphatic carbocycles. The van der Waals surface area contributed by atoms with Gasteiger partial charge < -0.3 is 15.4 Å². The number of allylic oxidation sites excluding steroid dienone is 1. The predicted molar refractivity (Wildman–Crippen MR) is 94.1 cm³/mol. The van der Waals surface area contributed by atoms with Crippen LogP contribution in [0.5, 0.6) is 0 Å². The Bertz CT molecular complexity index is 674. The SMILES string of the molecule is CCCCC1=C(C(=O)OCC)C(c2ccc(Cl)c(Cl)c2)NC(=O)N1. The normalized spacial score (nSPS) is 17.3. The van der Waals surface area contributed by atoms with Crippen molar-refractivity contribution in [2.45, 2.75) is 39.2 Å². The highest BCUT2D eigenvalue weighted by atomic mass is 35.5. The summed E-state index contributed by atoms with van der Waals surface area (Å²) in [6.45, 7) is 4.04. The summed E-state index contributed by atoms with van der Waals surface area (Å²) < 4.78 is 5.19. The lowest BCUT2D eigenvalue weighted by Crippen LogP contribution is -2.46. The predicted octanol–water partition coefficient (Wildman–Crippen LogP) is 4.35. The summed E-state index contributed by atoms with van der Waals surface area (Å²) >= 11 is 12.0. The highest BCUT2D eigenvalue weighted by Crippen LogP contribution is 2.33. The maximum Gasteiger partial charge on any atom is 0.338 e. The first-order chi connectivity index (χ1) is 11.5. The van der Waals surface area contributed by atoms with Gasteiger partial charge >= 0.3 is 12.0 Å². The summed E-state index contributed by atoms with van der Waals surface area (Å²) in [4.78, 5) is 24.5. The zero-order chi connectivity index (χ0) is 17.7. The third-order valence-corrected chi connectivity index (χ3v) is 4.45. The molecule has 5 nitrogen and oxygen atoms in total. The number of benzene rings is 1. The zero-order valence-corrected chi connectivity index (χ0v) is 15.1. The molecule has 2 rings (SSSR count). The first kappa shape index (κ1) is 18.6. The van der Waals surface area contributed by atoms with Gasteiger partial charge in [0.1, 0.15) is 0 Å². The number of esters is 1. The fraction of sp³-hybridized carbons (Fsp3) is 0.412. The second kappa shape index (κ2) is 8.40. The zero-order valence-electron chi connectivity index (χ0n) is 13.6. The minimum Gasteiger partial charge on any atom is -0.463 e. The van der Waals surface area contributed by atoms with E-state index < -0.39 is 12.0 Å². The summed E-state index contributed by atoms with van der Waals surface area (Å²) in [6, 6.07) is 4.05. The molecule has 1 aliphatic rings. The molecule has 0 fully saturated rings. The number of carbonyl (C=O) groups is 2. The van der Waals surface area contributed by atoms with Crippen LogP contribution in [0, 0.1) is 0 Å². The number of halogens is 2. The van der Waals surface area contributed by atoms with Gasteiger partial charge in [-0.1, -0.05) is 42.6 Å². The van der Waals surface area contributed by atoms with E-state index in [1.165, 1.54) is 0 Å². The van der Waals surface area contributed by atoms with E-state index in [1.807, 2.05) is 6.92 Å². The number of carbonyl (C=O) groups excluding carboxylic acids is 2. The van der Waals surface area contributed by atoms with E-state index in [4.69, 9.17) is 27.9 Å². The van der Waals surface area contributed by atoms with Crippen molar-refractivity contribution in [1.82, 2.24) is 10.6 Å². The molecular weight excluding hydrogens is 351 g/mol. The Balaban J connectivity index is 2.49. The highest BCUT2D eigenvalue weighted by molar-refractivity contribution is 6.42. The lowest BCUT2D eigenvalue weighted by Gasteiger charge is -2.29. The monoisotopic (exact) mass is 370 g/mol. The average molecular weight is 371 g/mol. The number of hydrogen-bond donors (Lipinski definition) is 2. The minimum atomic E-state index is -0.626. The quantitative estimate of drug-likeness (QED) is 0.731. The molecule has 1 heterocycles. The smallest absolute Gasteiger partial charge is 0.338 e. The van der Waals surface area contributed by atoms with E-state index in [1.54, 1.807) is 25.1 Å². The second-order valence-corrected chi connectivity index (χ2v) is 6.24. The number of amides is 2. The molecule has 2 amide bonds. The standard InChI is InChI=1S/C17H20Cl2N2O3/c1-3-5-6-13-14(16(22)24-4-2)15(21-17(23)20-13)10-7-8-11(18)12(19)9-10/h7-9,15H,3-6H2,1-2H3,(H2,20,21,23). The molecule has 0 saturated carbocycles. The summed E-state index contributed by atoms with van der Waals surface area (Å²) in [5, 5.41) is 6.27. The Kier molecular flexibility index (Phi) is 6.52. The topological polar surface area (TPSA) is 67.4 Å². The van der Waals surface area contributed by atoms with Gasteiger partial charge in [0.2, 0.25) is 0 Å². The van der Waals surface area contributed by atoms with Gasteiger partial charge in [0.05, 0.1) is 28.3 Å². The molecule has 0 bridgehead atoms. The third-order valence-electron chi connectivity index (χ3n) is 3.71. The Morgan fingerprint density at radius 3 is 2.62 bits per heavy atom. The second-order valence-electron chi connectivity index (χ2n) is 5.42. The number of urea groups is 1. The van der Waals surface area contributed by atoms with Crippen LogP contribution in [0.1, 0.15) is 44.7 Å². The molecule has 2 N–H and O–H groups in total. The van der Waals surface area contributed by atoms with Crippen LogP contribution in [0.25, 0.3) is 0 Å². The maximum absolute atomic E-state index is 12.5. The van der Waals surface area contributed by atoms with E-state index in [9.17, 15) is 9.59 Å². The lowest BCUT2D eigenvalue weighted by atomic mass is 9.93. The van der Waals surface area contributed by atoms with Crippen molar-refractivity contribution in [2.24, 2.45) is 0 Å². The lowest BCUT2D eigenvalue weighted by molar-refractivity contribution is -0.139. The molecule has 1 aliphatic heterocycles. The van der Waals surface area contributed by atoms with Gasteiger partial charge in [0.25, 0.3) is 0 Å². The van der Waals surface area contributed by atoms with Crippen LogP contribution in [0.2, 0.25) is 10.0 Å². The Hall–Kier alpha value is -1.72. The fourth-order valence-electron chi connectivity index (χ4n) is 2.56. The van der Waals surface area contributed by atoms with Gasteiger partial charge in [0, 0.05) is 5.70 Å².